The fraction of sp³-hybridized carbons (Fsp3) is 0.571. The molecule has 0 saturated heterocycles. The highest BCUT2D eigenvalue weighted by Gasteiger charge is 2.33. The molecule has 2 N–H and O–H groups in total. The summed E-state index contributed by atoms with van der Waals surface area (Å²) in [5.74, 6) is 0.735. The van der Waals surface area contributed by atoms with E-state index in [1.165, 1.54) is 0 Å². The van der Waals surface area contributed by atoms with Crippen LogP contribution in [-0.2, 0) is 0 Å². The van der Waals surface area contributed by atoms with Crippen LogP contribution in [0.25, 0.3) is 0 Å². The van der Waals surface area contributed by atoms with E-state index in [4.69, 9.17) is 5.26 Å². The van der Waals surface area contributed by atoms with Crippen molar-refractivity contribution in [3.05, 3.63) is 24.0 Å². The van der Waals surface area contributed by atoms with Crippen molar-refractivity contribution in [1.29, 1.82) is 5.26 Å². The van der Waals surface area contributed by atoms with Gasteiger partial charge in [0.25, 0.3) is 0 Å². The molecule has 0 bridgehead atoms. The minimum absolute atomic E-state index is 0.129. The van der Waals surface area contributed by atoms with Crippen molar-refractivity contribution in [3.8, 4) is 6.07 Å². The number of rotatable bonds is 3. The van der Waals surface area contributed by atoms with Crippen LogP contribution in [0.4, 0.5) is 5.69 Å². The maximum atomic E-state index is 9.67. The number of nitrogens with zero attached hydrogens (tertiary/aromatic N) is 2. The van der Waals surface area contributed by atoms with E-state index in [2.05, 4.69) is 17.2 Å². The number of hydrogen-bond acceptors (Lipinski definition) is 4. The van der Waals surface area contributed by atoms with Crippen LogP contribution in [0.2, 0.25) is 0 Å². The normalized spacial score (nSPS) is 27.5. The van der Waals surface area contributed by atoms with Crippen LogP contribution in [-0.4, -0.2) is 22.2 Å². The number of anilines is 1. The molecule has 1 aromatic heterocycles. The Morgan fingerprint density at radius 2 is 2.28 bits per heavy atom. The van der Waals surface area contributed by atoms with Gasteiger partial charge in [-0.3, -0.25) is 0 Å². The third-order valence-electron chi connectivity index (χ3n) is 3.82. The van der Waals surface area contributed by atoms with Gasteiger partial charge in [-0.2, -0.15) is 5.26 Å². The topological polar surface area (TPSA) is 68.9 Å². The molecule has 0 atom stereocenters. The molecule has 1 heterocycles. The second kappa shape index (κ2) is 5.36. The summed E-state index contributed by atoms with van der Waals surface area (Å²) in [6.45, 7) is 2.38. The van der Waals surface area contributed by atoms with Crippen molar-refractivity contribution in [1.82, 2.24) is 4.98 Å². The van der Waals surface area contributed by atoms with Crippen LogP contribution < -0.4 is 5.32 Å². The summed E-state index contributed by atoms with van der Waals surface area (Å²) >= 11 is 0. The van der Waals surface area contributed by atoms with Gasteiger partial charge in [0.05, 0.1) is 12.1 Å². The Morgan fingerprint density at radius 3 is 2.89 bits per heavy atom. The lowest BCUT2D eigenvalue weighted by atomic mass is 9.77. The molecular weight excluding hydrogens is 226 g/mol. The van der Waals surface area contributed by atoms with Crippen molar-refractivity contribution in [3.63, 3.8) is 0 Å². The van der Waals surface area contributed by atoms with Gasteiger partial charge >= 0.3 is 0 Å². The molecule has 4 heteroatoms. The van der Waals surface area contributed by atoms with E-state index < -0.39 is 0 Å². The van der Waals surface area contributed by atoms with Gasteiger partial charge in [-0.15, -0.1) is 0 Å². The van der Waals surface area contributed by atoms with Crippen molar-refractivity contribution < 1.29 is 5.11 Å². The Hall–Kier alpha value is -1.60. The molecule has 1 aliphatic carbocycles. The summed E-state index contributed by atoms with van der Waals surface area (Å²) in [6.07, 6.45) is 5.81. The Morgan fingerprint density at radius 1 is 1.56 bits per heavy atom. The maximum absolute atomic E-state index is 9.67. The fourth-order valence-electron chi connectivity index (χ4n) is 2.51. The van der Waals surface area contributed by atoms with Gasteiger partial charge in [0.15, 0.2) is 0 Å². The average Bonchev–Trinajstić information content (AvgIpc) is 2.42. The first-order chi connectivity index (χ1) is 8.67. The molecule has 1 aliphatic rings. The van der Waals surface area contributed by atoms with E-state index in [1.807, 2.05) is 12.1 Å². The van der Waals surface area contributed by atoms with Crippen LogP contribution >= 0.6 is 0 Å². The number of aliphatic hydroxyl groups is 1. The zero-order valence-corrected chi connectivity index (χ0v) is 10.7. The van der Waals surface area contributed by atoms with Gasteiger partial charge in [-0.1, -0.05) is 6.92 Å². The number of pyridine rings is 1. The van der Waals surface area contributed by atoms with Gasteiger partial charge in [0, 0.05) is 11.9 Å². The predicted octanol–water partition coefficient (Wildman–Crippen LogP) is 2.31. The van der Waals surface area contributed by atoms with Crippen molar-refractivity contribution in [2.45, 2.75) is 38.1 Å². The third kappa shape index (κ3) is 2.80. The third-order valence-corrected chi connectivity index (χ3v) is 3.82. The second-order valence-electron chi connectivity index (χ2n) is 5.29. The minimum Gasteiger partial charge on any atom is -0.394 e. The molecule has 4 nitrogen and oxygen atoms in total. The number of nitrogens with one attached hydrogen (secondary N) is 1. The SMILES string of the molecule is CC1CCC(CO)(Nc2ccnc(C#N)c2)CC1. The molecule has 1 fully saturated rings. The Labute approximate surface area is 108 Å². The summed E-state index contributed by atoms with van der Waals surface area (Å²) in [6, 6.07) is 5.60. The summed E-state index contributed by atoms with van der Waals surface area (Å²) < 4.78 is 0. The summed E-state index contributed by atoms with van der Waals surface area (Å²) in [5, 5.41) is 21.9. The zero-order chi connectivity index (χ0) is 13.0. The quantitative estimate of drug-likeness (QED) is 0.857. The molecule has 1 saturated carbocycles. The van der Waals surface area contributed by atoms with E-state index in [9.17, 15) is 5.11 Å². The fourth-order valence-corrected chi connectivity index (χ4v) is 2.51. The van der Waals surface area contributed by atoms with Gasteiger partial charge in [-0.05, 0) is 43.7 Å². The standard InChI is InChI=1S/C14H19N3O/c1-11-2-5-14(10-18,6-3-11)17-12-4-7-16-13(8-12)9-15/h4,7-8,11,18H,2-3,5-6,10H2,1H3,(H,16,17). The Balaban J connectivity index is 2.12. The summed E-state index contributed by atoms with van der Waals surface area (Å²) in [5.41, 5.74) is 1.03. The molecule has 0 unspecified atom stereocenters. The van der Waals surface area contributed by atoms with Crippen LogP contribution in [0.1, 0.15) is 38.3 Å². The molecule has 0 aliphatic heterocycles. The highest BCUT2D eigenvalue weighted by atomic mass is 16.3. The minimum atomic E-state index is -0.236. The molecule has 2 rings (SSSR count). The molecule has 96 valence electrons. The molecule has 18 heavy (non-hydrogen) atoms. The Kier molecular flexibility index (Phi) is 3.83. The van der Waals surface area contributed by atoms with Crippen LogP contribution in [0.5, 0.6) is 0 Å². The molecule has 0 amide bonds. The van der Waals surface area contributed by atoms with E-state index in [0.717, 1.165) is 37.3 Å². The number of hydrogen-bond donors (Lipinski definition) is 2. The van der Waals surface area contributed by atoms with Gasteiger partial charge < -0.3 is 10.4 Å². The number of aromatic nitrogens is 1. The molecule has 1 aromatic rings. The largest absolute Gasteiger partial charge is 0.394 e. The first-order valence-electron chi connectivity index (χ1n) is 6.43. The monoisotopic (exact) mass is 245 g/mol. The van der Waals surface area contributed by atoms with Crippen LogP contribution in [0, 0.1) is 17.2 Å². The molecular formula is C14H19N3O. The smallest absolute Gasteiger partial charge is 0.142 e. The van der Waals surface area contributed by atoms with Gasteiger partial charge in [0.1, 0.15) is 11.8 Å². The van der Waals surface area contributed by atoms with Gasteiger partial charge in [0.2, 0.25) is 0 Å². The Bertz CT molecular complexity index is 445. The summed E-state index contributed by atoms with van der Waals surface area (Å²) in [7, 11) is 0. The highest BCUT2D eigenvalue weighted by molar-refractivity contribution is 5.48. The van der Waals surface area contributed by atoms with Crippen LogP contribution in [0.15, 0.2) is 18.3 Å². The lowest BCUT2D eigenvalue weighted by Crippen LogP contribution is -2.45. The van der Waals surface area contributed by atoms with E-state index in [-0.39, 0.29) is 12.1 Å². The first-order valence-corrected chi connectivity index (χ1v) is 6.43. The molecule has 0 spiro atoms. The number of nitriles is 1. The highest BCUT2D eigenvalue weighted by Crippen LogP contribution is 2.34. The van der Waals surface area contributed by atoms with Crippen molar-refractivity contribution in [2.75, 3.05) is 11.9 Å². The van der Waals surface area contributed by atoms with Crippen molar-refractivity contribution >= 4 is 5.69 Å². The zero-order valence-electron chi connectivity index (χ0n) is 10.7. The molecule has 0 radical (unpaired) electrons. The van der Waals surface area contributed by atoms with Crippen LogP contribution in [0.3, 0.4) is 0 Å². The van der Waals surface area contributed by atoms with E-state index in [0.29, 0.717) is 5.69 Å². The maximum Gasteiger partial charge on any atom is 0.142 e. The van der Waals surface area contributed by atoms with Crippen molar-refractivity contribution in [2.24, 2.45) is 5.92 Å². The summed E-state index contributed by atoms with van der Waals surface area (Å²) in [4.78, 5) is 3.95. The lowest BCUT2D eigenvalue weighted by Gasteiger charge is -2.39. The van der Waals surface area contributed by atoms with E-state index in [1.54, 1.807) is 12.3 Å². The van der Waals surface area contributed by atoms with E-state index >= 15 is 0 Å². The average molecular weight is 245 g/mol. The number of aliphatic hydroxyl groups excluding tert-OH is 1. The first kappa shape index (κ1) is 12.8. The second-order valence-corrected chi connectivity index (χ2v) is 5.29. The predicted molar refractivity (Wildman–Crippen MR) is 70.0 cm³/mol. The lowest BCUT2D eigenvalue weighted by molar-refractivity contribution is 0.155. The van der Waals surface area contributed by atoms with Gasteiger partial charge in [-0.25, -0.2) is 4.98 Å². The molecule has 0 aromatic carbocycles.